The van der Waals surface area contributed by atoms with E-state index >= 15 is 0 Å². The van der Waals surface area contributed by atoms with E-state index < -0.39 is 23.1 Å². The second kappa shape index (κ2) is 6.47. The van der Waals surface area contributed by atoms with Gasteiger partial charge in [0, 0.05) is 5.56 Å². The molecular formula is C15H18F2N2OS. The van der Waals surface area contributed by atoms with Crippen molar-refractivity contribution in [3.8, 4) is 0 Å². The van der Waals surface area contributed by atoms with Crippen molar-refractivity contribution < 1.29 is 13.6 Å². The molecular weight excluding hydrogens is 294 g/mol. The van der Waals surface area contributed by atoms with Crippen LogP contribution in [-0.2, 0) is 11.2 Å². The minimum absolute atomic E-state index is 0.233. The fraction of sp³-hybridized carbons (Fsp3) is 0.467. The Hall–Kier alpha value is -1.56. The number of nitrogens with two attached hydrogens (primary N) is 1. The van der Waals surface area contributed by atoms with Gasteiger partial charge in [0.15, 0.2) is 0 Å². The summed E-state index contributed by atoms with van der Waals surface area (Å²) in [6, 6.07) is 3.54. The molecule has 3 nitrogen and oxygen atoms in total. The van der Waals surface area contributed by atoms with Gasteiger partial charge in [-0.25, -0.2) is 8.78 Å². The summed E-state index contributed by atoms with van der Waals surface area (Å²) in [5.74, 6) is -1.91. The number of benzene rings is 1. The van der Waals surface area contributed by atoms with E-state index in [9.17, 15) is 13.6 Å². The number of amides is 1. The fourth-order valence-corrected chi connectivity index (χ4v) is 3.02. The number of hydrogen-bond acceptors (Lipinski definition) is 2. The molecule has 1 aromatic rings. The van der Waals surface area contributed by atoms with Gasteiger partial charge >= 0.3 is 0 Å². The van der Waals surface area contributed by atoms with E-state index in [-0.39, 0.29) is 17.0 Å². The van der Waals surface area contributed by atoms with Gasteiger partial charge in [-0.15, -0.1) is 0 Å². The molecule has 0 saturated heterocycles. The van der Waals surface area contributed by atoms with Gasteiger partial charge in [-0.2, -0.15) is 0 Å². The molecule has 0 aromatic heterocycles. The molecule has 0 heterocycles. The molecule has 0 atom stereocenters. The molecule has 1 fully saturated rings. The van der Waals surface area contributed by atoms with Crippen LogP contribution < -0.4 is 11.1 Å². The summed E-state index contributed by atoms with van der Waals surface area (Å²) < 4.78 is 27.1. The lowest BCUT2D eigenvalue weighted by atomic mass is 9.81. The van der Waals surface area contributed by atoms with Crippen LogP contribution in [-0.4, -0.2) is 16.4 Å². The predicted molar refractivity (Wildman–Crippen MR) is 80.8 cm³/mol. The SMILES string of the molecule is NC(=S)C1(NC(=O)Cc2c(F)cccc2F)CCCCC1. The first-order valence-corrected chi connectivity index (χ1v) is 7.39. The minimum atomic E-state index is -0.724. The van der Waals surface area contributed by atoms with Crippen molar-refractivity contribution in [3.05, 3.63) is 35.4 Å². The average molecular weight is 312 g/mol. The minimum Gasteiger partial charge on any atom is -0.391 e. The summed E-state index contributed by atoms with van der Waals surface area (Å²) in [6.45, 7) is 0. The van der Waals surface area contributed by atoms with Gasteiger partial charge in [0.05, 0.1) is 16.9 Å². The Morgan fingerprint density at radius 3 is 2.33 bits per heavy atom. The highest BCUT2D eigenvalue weighted by atomic mass is 32.1. The topological polar surface area (TPSA) is 55.1 Å². The molecule has 21 heavy (non-hydrogen) atoms. The predicted octanol–water partition coefficient (Wildman–Crippen LogP) is 2.61. The van der Waals surface area contributed by atoms with E-state index in [1.807, 2.05) is 0 Å². The molecule has 1 aromatic carbocycles. The third kappa shape index (κ3) is 3.56. The molecule has 114 valence electrons. The van der Waals surface area contributed by atoms with Crippen molar-refractivity contribution in [3.63, 3.8) is 0 Å². The van der Waals surface area contributed by atoms with E-state index in [1.54, 1.807) is 0 Å². The maximum atomic E-state index is 13.6. The first-order valence-electron chi connectivity index (χ1n) is 6.98. The van der Waals surface area contributed by atoms with Crippen molar-refractivity contribution >= 4 is 23.1 Å². The van der Waals surface area contributed by atoms with Crippen LogP contribution in [0.25, 0.3) is 0 Å². The zero-order valence-corrected chi connectivity index (χ0v) is 12.4. The van der Waals surface area contributed by atoms with Crippen LogP contribution in [0.4, 0.5) is 8.78 Å². The molecule has 1 aliphatic rings. The van der Waals surface area contributed by atoms with E-state index in [0.29, 0.717) is 12.8 Å². The van der Waals surface area contributed by atoms with Crippen LogP contribution in [0.5, 0.6) is 0 Å². The zero-order chi connectivity index (χ0) is 15.5. The van der Waals surface area contributed by atoms with Gasteiger partial charge in [0.25, 0.3) is 0 Å². The van der Waals surface area contributed by atoms with Gasteiger partial charge in [0.1, 0.15) is 11.6 Å². The number of nitrogens with one attached hydrogen (secondary N) is 1. The van der Waals surface area contributed by atoms with E-state index in [4.69, 9.17) is 18.0 Å². The van der Waals surface area contributed by atoms with E-state index in [2.05, 4.69) is 5.32 Å². The molecule has 0 radical (unpaired) electrons. The van der Waals surface area contributed by atoms with Crippen LogP contribution in [0, 0.1) is 11.6 Å². The normalized spacial score (nSPS) is 17.2. The van der Waals surface area contributed by atoms with Crippen molar-refractivity contribution in [2.45, 2.75) is 44.1 Å². The van der Waals surface area contributed by atoms with Crippen LogP contribution in [0.3, 0.4) is 0 Å². The van der Waals surface area contributed by atoms with Gasteiger partial charge in [-0.1, -0.05) is 37.5 Å². The maximum absolute atomic E-state index is 13.6. The van der Waals surface area contributed by atoms with E-state index in [1.165, 1.54) is 6.07 Å². The molecule has 1 aliphatic carbocycles. The quantitative estimate of drug-likeness (QED) is 0.840. The summed E-state index contributed by atoms with van der Waals surface area (Å²) in [5.41, 5.74) is 4.82. The van der Waals surface area contributed by atoms with Crippen LogP contribution in [0.2, 0.25) is 0 Å². The molecule has 3 N–H and O–H groups in total. The summed E-state index contributed by atoms with van der Waals surface area (Å²) in [6.07, 6.45) is 3.91. The number of carbonyl (C=O) groups excluding carboxylic acids is 1. The number of rotatable bonds is 4. The summed E-state index contributed by atoms with van der Waals surface area (Å²) in [7, 11) is 0. The lowest BCUT2D eigenvalue weighted by molar-refractivity contribution is -0.122. The molecule has 2 rings (SSSR count). The highest BCUT2D eigenvalue weighted by Crippen LogP contribution is 2.28. The van der Waals surface area contributed by atoms with Crippen molar-refractivity contribution in [1.82, 2.24) is 5.32 Å². The van der Waals surface area contributed by atoms with Crippen LogP contribution in [0.1, 0.15) is 37.7 Å². The first-order chi connectivity index (χ1) is 9.94. The Bertz CT molecular complexity index is 536. The smallest absolute Gasteiger partial charge is 0.225 e. The average Bonchev–Trinajstić information content (AvgIpc) is 2.44. The molecule has 0 bridgehead atoms. The number of halogens is 2. The van der Waals surface area contributed by atoms with Crippen LogP contribution in [0.15, 0.2) is 18.2 Å². The lowest BCUT2D eigenvalue weighted by Gasteiger charge is -2.37. The summed E-state index contributed by atoms with van der Waals surface area (Å²) in [4.78, 5) is 12.4. The number of thiocarbonyl (C=S) groups is 1. The summed E-state index contributed by atoms with van der Waals surface area (Å²) in [5, 5.41) is 2.80. The Labute approximate surface area is 127 Å². The maximum Gasteiger partial charge on any atom is 0.225 e. The second-order valence-corrected chi connectivity index (χ2v) is 5.87. The highest BCUT2D eigenvalue weighted by Gasteiger charge is 2.36. The molecule has 0 spiro atoms. The Morgan fingerprint density at radius 1 is 1.24 bits per heavy atom. The molecule has 1 saturated carbocycles. The number of hydrogen-bond donors (Lipinski definition) is 2. The molecule has 1 amide bonds. The van der Waals surface area contributed by atoms with Gasteiger partial charge < -0.3 is 11.1 Å². The highest BCUT2D eigenvalue weighted by molar-refractivity contribution is 7.80. The molecule has 0 aliphatic heterocycles. The van der Waals surface area contributed by atoms with Crippen molar-refractivity contribution in [1.29, 1.82) is 0 Å². The fourth-order valence-electron chi connectivity index (χ4n) is 2.76. The third-order valence-corrected chi connectivity index (χ3v) is 4.35. The summed E-state index contributed by atoms with van der Waals surface area (Å²) >= 11 is 5.08. The number of carbonyl (C=O) groups is 1. The Morgan fingerprint density at radius 2 is 1.81 bits per heavy atom. The Kier molecular flexibility index (Phi) is 4.88. The Balaban J connectivity index is 2.11. The monoisotopic (exact) mass is 312 g/mol. The van der Waals surface area contributed by atoms with Gasteiger partial charge in [-0.3, -0.25) is 4.79 Å². The lowest BCUT2D eigenvalue weighted by Crippen LogP contribution is -2.58. The largest absolute Gasteiger partial charge is 0.391 e. The molecule has 6 heteroatoms. The van der Waals surface area contributed by atoms with Gasteiger partial charge in [-0.05, 0) is 25.0 Å². The zero-order valence-electron chi connectivity index (χ0n) is 11.6. The van der Waals surface area contributed by atoms with Crippen molar-refractivity contribution in [2.24, 2.45) is 5.73 Å². The standard InChI is InChI=1S/C15H18F2N2OS/c16-11-5-4-6-12(17)10(11)9-13(20)19-15(14(18)21)7-2-1-3-8-15/h4-6H,1-3,7-9H2,(H2,18,21)(H,19,20). The van der Waals surface area contributed by atoms with Gasteiger partial charge in [0.2, 0.25) is 5.91 Å². The van der Waals surface area contributed by atoms with Crippen molar-refractivity contribution in [2.75, 3.05) is 0 Å². The first kappa shape index (κ1) is 15.8. The van der Waals surface area contributed by atoms with E-state index in [0.717, 1.165) is 31.4 Å². The second-order valence-electron chi connectivity index (χ2n) is 5.43. The molecule has 0 unspecified atom stereocenters. The third-order valence-electron chi connectivity index (χ3n) is 3.96. The van der Waals surface area contributed by atoms with Crippen LogP contribution >= 0.6 is 12.2 Å².